The van der Waals surface area contributed by atoms with Crippen LogP contribution in [0.25, 0.3) is 0 Å². The zero-order chi connectivity index (χ0) is 17.2. The zero-order valence-corrected chi connectivity index (χ0v) is 15.5. The molecule has 130 valence electrons. The van der Waals surface area contributed by atoms with Gasteiger partial charge in [-0.3, -0.25) is 4.98 Å². The van der Waals surface area contributed by atoms with Gasteiger partial charge in [0, 0.05) is 40.2 Å². The maximum Gasteiger partial charge on any atom is 0.133 e. The predicted octanol–water partition coefficient (Wildman–Crippen LogP) is 6.01. The molecule has 1 aliphatic carbocycles. The lowest BCUT2D eigenvalue weighted by Crippen LogP contribution is -2.38. The van der Waals surface area contributed by atoms with E-state index >= 15 is 0 Å². The number of hydrogen-bond acceptors (Lipinski definition) is 3. The number of halogens is 2. The van der Waals surface area contributed by atoms with Gasteiger partial charge in [-0.1, -0.05) is 48.5 Å². The van der Waals surface area contributed by atoms with Crippen molar-refractivity contribution < 1.29 is 0 Å². The van der Waals surface area contributed by atoms with Gasteiger partial charge in [0.2, 0.25) is 0 Å². The van der Waals surface area contributed by atoms with Crippen molar-refractivity contribution in [1.29, 1.82) is 0 Å². The molecule has 2 heterocycles. The van der Waals surface area contributed by atoms with E-state index in [2.05, 4.69) is 33.3 Å². The van der Waals surface area contributed by atoms with Crippen LogP contribution in [0.3, 0.4) is 0 Å². The molecule has 0 N–H and O–H groups in total. The van der Waals surface area contributed by atoms with Gasteiger partial charge in [-0.25, -0.2) is 0 Å². The molecule has 0 radical (unpaired) electrons. The lowest BCUT2D eigenvalue weighted by Gasteiger charge is -2.40. The van der Waals surface area contributed by atoms with Gasteiger partial charge in [-0.2, -0.15) is 0 Å². The van der Waals surface area contributed by atoms with E-state index in [1.165, 1.54) is 32.1 Å². The third-order valence-electron chi connectivity index (χ3n) is 5.13. The molecular weight excluding hydrogens is 353 g/mol. The molecule has 5 heteroatoms. The first-order valence-corrected chi connectivity index (χ1v) is 9.59. The van der Waals surface area contributed by atoms with E-state index < -0.39 is 0 Å². The van der Waals surface area contributed by atoms with Crippen molar-refractivity contribution in [2.24, 2.45) is 0 Å². The van der Waals surface area contributed by atoms with Crippen LogP contribution in [-0.2, 0) is 0 Å². The van der Waals surface area contributed by atoms with Crippen LogP contribution >= 0.6 is 23.2 Å². The predicted molar refractivity (Wildman–Crippen MR) is 104 cm³/mol. The fourth-order valence-corrected chi connectivity index (χ4v) is 4.42. The number of rotatable bonds is 3. The Morgan fingerprint density at radius 3 is 2.56 bits per heavy atom. The molecule has 0 bridgehead atoms. The van der Waals surface area contributed by atoms with Gasteiger partial charge in [0.05, 0.1) is 11.9 Å². The third kappa shape index (κ3) is 3.36. The smallest absolute Gasteiger partial charge is 0.133 e. The number of nitrogens with zero attached hydrogens (tertiary/aromatic N) is 3. The van der Waals surface area contributed by atoms with Crippen LogP contribution in [0.4, 0.5) is 5.69 Å². The Balaban J connectivity index is 1.73. The molecule has 1 aliphatic heterocycles. The highest BCUT2D eigenvalue weighted by molar-refractivity contribution is 6.35. The maximum absolute atomic E-state index is 6.59. The molecule has 1 aromatic heterocycles. The second-order valence-corrected chi connectivity index (χ2v) is 7.54. The zero-order valence-electron chi connectivity index (χ0n) is 14.0. The molecule has 0 spiro atoms. The molecule has 1 aromatic carbocycles. The molecule has 1 atom stereocenters. The Kier molecular flexibility index (Phi) is 4.87. The molecule has 2 aromatic rings. The standard InChI is InChI=1S/C20H21Cl2N3/c21-15-8-9-18(19(22)13-15)20-24(16-5-2-1-3-6-16)11-12-25(20)17-7-4-10-23-14-17/h4,7-14,16,20H,1-3,5-6H2. The molecular formula is C20H21Cl2N3. The van der Waals surface area contributed by atoms with Gasteiger partial charge in [0.15, 0.2) is 0 Å². The minimum Gasteiger partial charge on any atom is -0.349 e. The fraction of sp³-hybridized carbons (Fsp3) is 0.350. The van der Waals surface area contributed by atoms with Gasteiger partial charge >= 0.3 is 0 Å². The molecule has 1 unspecified atom stereocenters. The van der Waals surface area contributed by atoms with E-state index in [4.69, 9.17) is 23.2 Å². The fourth-order valence-electron chi connectivity index (χ4n) is 3.91. The molecule has 2 aliphatic rings. The highest BCUT2D eigenvalue weighted by Crippen LogP contribution is 2.41. The van der Waals surface area contributed by atoms with Crippen molar-refractivity contribution in [3.05, 3.63) is 70.7 Å². The van der Waals surface area contributed by atoms with Crippen molar-refractivity contribution in [2.45, 2.75) is 44.3 Å². The van der Waals surface area contributed by atoms with Crippen molar-refractivity contribution in [3.63, 3.8) is 0 Å². The van der Waals surface area contributed by atoms with E-state index in [0.29, 0.717) is 16.1 Å². The topological polar surface area (TPSA) is 19.4 Å². The molecule has 1 fully saturated rings. The van der Waals surface area contributed by atoms with E-state index in [1.54, 1.807) is 6.20 Å². The second-order valence-electron chi connectivity index (χ2n) is 6.70. The SMILES string of the molecule is Clc1ccc(C2N(c3cccnc3)C=CN2C2CCCCC2)c(Cl)c1. The summed E-state index contributed by atoms with van der Waals surface area (Å²) in [5.74, 6) is 0. The molecule has 4 rings (SSSR count). The largest absolute Gasteiger partial charge is 0.349 e. The van der Waals surface area contributed by atoms with E-state index in [1.807, 2.05) is 30.5 Å². The summed E-state index contributed by atoms with van der Waals surface area (Å²) in [5, 5.41) is 1.37. The maximum atomic E-state index is 6.59. The molecule has 3 nitrogen and oxygen atoms in total. The molecule has 0 amide bonds. The summed E-state index contributed by atoms with van der Waals surface area (Å²) in [7, 11) is 0. The first kappa shape index (κ1) is 16.7. The summed E-state index contributed by atoms with van der Waals surface area (Å²) in [5.41, 5.74) is 2.14. The normalized spacial score (nSPS) is 21.1. The Morgan fingerprint density at radius 1 is 1.00 bits per heavy atom. The monoisotopic (exact) mass is 373 g/mol. The number of pyridine rings is 1. The van der Waals surface area contributed by atoms with Crippen LogP contribution in [0.1, 0.15) is 43.8 Å². The van der Waals surface area contributed by atoms with Crippen molar-refractivity contribution in [3.8, 4) is 0 Å². The van der Waals surface area contributed by atoms with Crippen LogP contribution in [0, 0.1) is 0 Å². The van der Waals surface area contributed by atoms with Gasteiger partial charge in [0.25, 0.3) is 0 Å². The van der Waals surface area contributed by atoms with Crippen LogP contribution < -0.4 is 4.90 Å². The van der Waals surface area contributed by atoms with E-state index in [0.717, 1.165) is 11.3 Å². The lowest BCUT2D eigenvalue weighted by atomic mass is 9.93. The average molecular weight is 374 g/mol. The van der Waals surface area contributed by atoms with Crippen LogP contribution in [0.15, 0.2) is 55.1 Å². The number of hydrogen-bond donors (Lipinski definition) is 0. The van der Waals surface area contributed by atoms with Gasteiger partial charge < -0.3 is 9.80 Å². The summed E-state index contributed by atoms with van der Waals surface area (Å²) < 4.78 is 0. The highest BCUT2D eigenvalue weighted by Gasteiger charge is 2.35. The Labute approximate surface area is 158 Å². The second kappa shape index (κ2) is 7.27. The number of benzene rings is 1. The Hall–Kier alpha value is -1.71. The Morgan fingerprint density at radius 2 is 1.84 bits per heavy atom. The number of anilines is 1. The number of aromatic nitrogens is 1. The molecule has 1 saturated carbocycles. The Bertz CT molecular complexity index is 757. The minimum atomic E-state index is 0.0390. The quantitative estimate of drug-likeness (QED) is 0.656. The highest BCUT2D eigenvalue weighted by atomic mass is 35.5. The van der Waals surface area contributed by atoms with Crippen LogP contribution in [0.5, 0.6) is 0 Å². The van der Waals surface area contributed by atoms with Gasteiger partial charge in [0.1, 0.15) is 6.17 Å². The average Bonchev–Trinajstić information content (AvgIpc) is 3.08. The van der Waals surface area contributed by atoms with Gasteiger partial charge in [-0.15, -0.1) is 0 Å². The molecule has 0 saturated heterocycles. The summed E-state index contributed by atoms with van der Waals surface area (Å²) in [6.07, 6.45) is 14.5. The molecule has 25 heavy (non-hydrogen) atoms. The minimum absolute atomic E-state index is 0.0390. The summed E-state index contributed by atoms with van der Waals surface area (Å²) in [6, 6.07) is 10.4. The van der Waals surface area contributed by atoms with E-state index in [-0.39, 0.29) is 6.17 Å². The van der Waals surface area contributed by atoms with Crippen molar-refractivity contribution >= 4 is 28.9 Å². The third-order valence-corrected chi connectivity index (χ3v) is 5.69. The summed E-state index contributed by atoms with van der Waals surface area (Å²) in [6.45, 7) is 0. The van der Waals surface area contributed by atoms with Crippen molar-refractivity contribution in [1.82, 2.24) is 9.88 Å². The lowest BCUT2D eigenvalue weighted by molar-refractivity contribution is 0.179. The first-order chi connectivity index (χ1) is 12.2. The summed E-state index contributed by atoms with van der Waals surface area (Å²) >= 11 is 12.7. The van der Waals surface area contributed by atoms with Gasteiger partial charge in [-0.05, 0) is 37.1 Å². The van der Waals surface area contributed by atoms with Crippen molar-refractivity contribution in [2.75, 3.05) is 4.90 Å². The van der Waals surface area contributed by atoms with Crippen LogP contribution in [0.2, 0.25) is 10.0 Å². The van der Waals surface area contributed by atoms with E-state index in [9.17, 15) is 0 Å². The summed E-state index contributed by atoms with van der Waals surface area (Å²) in [4.78, 5) is 8.99. The van der Waals surface area contributed by atoms with Crippen LogP contribution in [-0.4, -0.2) is 15.9 Å². The first-order valence-electron chi connectivity index (χ1n) is 8.83.